The standard InChI is InChI=1S/C7H14O.C6H12/c1-5(2)7(8)6(3)4;1-2-4-6-5-3-1/h5-6H,1-4H3;1-6H2. The highest BCUT2D eigenvalue weighted by Gasteiger charge is 2.09. The number of Topliss-reactive ketones (excluding diaryl/α,β-unsaturated/α-hetero) is 1. The number of hydrogen-bond acceptors (Lipinski definition) is 1. The lowest BCUT2D eigenvalue weighted by molar-refractivity contribution is -0.124. The largest absolute Gasteiger partial charge is 0.299 e. The van der Waals surface area contributed by atoms with Crippen LogP contribution in [0, 0.1) is 11.8 Å². The molecule has 0 amide bonds. The molecule has 0 unspecified atom stereocenters. The van der Waals surface area contributed by atoms with E-state index in [9.17, 15) is 4.79 Å². The second kappa shape index (κ2) is 8.02. The van der Waals surface area contributed by atoms with Gasteiger partial charge in [0.2, 0.25) is 0 Å². The Hall–Kier alpha value is -0.330. The van der Waals surface area contributed by atoms with Crippen molar-refractivity contribution in [3.8, 4) is 0 Å². The van der Waals surface area contributed by atoms with Crippen LogP contribution in [-0.2, 0) is 4.79 Å². The fraction of sp³-hybridized carbons (Fsp3) is 0.923. The predicted octanol–water partition coefficient (Wildman–Crippen LogP) is 4.21. The van der Waals surface area contributed by atoms with Crippen LogP contribution in [-0.4, -0.2) is 5.78 Å². The second-order valence-electron chi connectivity index (χ2n) is 4.83. The van der Waals surface area contributed by atoms with E-state index in [0.29, 0.717) is 5.78 Å². The van der Waals surface area contributed by atoms with Crippen LogP contribution in [0.25, 0.3) is 0 Å². The summed E-state index contributed by atoms with van der Waals surface area (Å²) in [7, 11) is 0. The zero-order chi connectivity index (χ0) is 11.0. The summed E-state index contributed by atoms with van der Waals surface area (Å²) in [6, 6.07) is 0. The summed E-state index contributed by atoms with van der Waals surface area (Å²) >= 11 is 0. The Morgan fingerprint density at radius 2 is 0.929 bits per heavy atom. The third-order valence-corrected chi connectivity index (χ3v) is 2.64. The molecule has 1 fully saturated rings. The van der Waals surface area contributed by atoms with Crippen molar-refractivity contribution in [1.82, 2.24) is 0 Å². The molecule has 0 saturated heterocycles. The van der Waals surface area contributed by atoms with Crippen LogP contribution in [0.2, 0.25) is 0 Å². The number of rotatable bonds is 2. The van der Waals surface area contributed by atoms with Crippen LogP contribution < -0.4 is 0 Å². The summed E-state index contributed by atoms with van der Waals surface area (Å²) in [5, 5.41) is 0. The topological polar surface area (TPSA) is 17.1 Å². The van der Waals surface area contributed by atoms with E-state index in [0.717, 1.165) is 0 Å². The number of carbonyl (C=O) groups excluding carboxylic acids is 1. The van der Waals surface area contributed by atoms with Crippen molar-refractivity contribution in [3.63, 3.8) is 0 Å². The molecule has 0 heterocycles. The maximum absolute atomic E-state index is 10.8. The van der Waals surface area contributed by atoms with Crippen molar-refractivity contribution in [1.29, 1.82) is 0 Å². The van der Waals surface area contributed by atoms with E-state index in [1.165, 1.54) is 38.5 Å². The Bertz CT molecular complexity index is 122. The van der Waals surface area contributed by atoms with Crippen LogP contribution in [0.3, 0.4) is 0 Å². The van der Waals surface area contributed by atoms with Crippen molar-refractivity contribution >= 4 is 5.78 Å². The van der Waals surface area contributed by atoms with Crippen molar-refractivity contribution in [2.24, 2.45) is 11.8 Å². The summed E-state index contributed by atoms with van der Waals surface area (Å²) in [5.41, 5.74) is 0. The van der Waals surface area contributed by atoms with Gasteiger partial charge in [-0.05, 0) is 0 Å². The minimum absolute atomic E-state index is 0.204. The molecule has 0 bridgehead atoms. The van der Waals surface area contributed by atoms with Crippen molar-refractivity contribution in [2.45, 2.75) is 66.2 Å². The van der Waals surface area contributed by atoms with Gasteiger partial charge in [0, 0.05) is 11.8 Å². The highest BCUT2D eigenvalue weighted by molar-refractivity contribution is 5.81. The summed E-state index contributed by atoms with van der Waals surface area (Å²) in [5.74, 6) is 0.759. The lowest BCUT2D eigenvalue weighted by Gasteiger charge is -2.05. The Kier molecular flexibility index (Phi) is 7.83. The average molecular weight is 198 g/mol. The van der Waals surface area contributed by atoms with Gasteiger partial charge >= 0.3 is 0 Å². The summed E-state index contributed by atoms with van der Waals surface area (Å²) < 4.78 is 0. The lowest BCUT2D eigenvalue weighted by atomic mass is 9.99. The van der Waals surface area contributed by atoms with E-state index in [4.69, 9.17) is 0 Å². The zero-order valence-corrected chi connectivity index (χ0v) is 10.3. The van der Waals surface area contributed by atoms with Gasteiger partial charge in [0.1, 0.15) is 5.78 Å². The molecule has 1 rings (SSSR count). The molecule has 0 aliphatic heterocycles. The first kappa shape index (κ1) is 13.7. The molecule has 0 aromatic rings. The molecule has 0 N–H and O–H groups in total. The third kappa shape index (κ3) is 7.11. The molecule has 14 heavy (non-hydrogen) atoms. The van der Waals surface area contributed by atoms with Crippen molar-refractivity contribution < 1.29 is 4.79 Å². The van der Waals surface area contributed by atoms with Crippen LogP contribution >= 0.6 is 0 Å². The number of hydrogen-bond donors (Lipinski definition) is 0. The van der Waals surface area contributed by atoms with Gasteiger partial charge in [-0.15, -0.1) is 0 Å². The molecule has 0 aromatic carbocycles. The van der Waals surface area contributed by atoms with Gasteiger partial charge in [-0.3, -0.25) is 4.79 Å². The first-order valence-corrected chi connectivity index (χ1v) is 6.09. The fourth-order valence-corrected chi connectivity index (χ4v) is 1.73. The highest BCUT2D eigenvalue weighted by Crippen LogP contribution is 2.15. The highest BCUT2D eigenvalue weighted by atomic mass is 16.1. The van der Waals surface area contributed by atoms with E-state index >= 15 is 0 Å². The molecule has 0 spiro atoms. The van der Waals surface area contributed by atoms with Crippen molar-refractivity contribution in [2.75, 3.05) is 0 Å². The minimum Gasteiger partial charge on any atom is -0.299 e. The zero-order valence-electron chi connectivity index (χ0n) is 10.3. The van der Waals surface area contributed by atoms with Gasteiger partial charge in [-0.1, -0.05) is 66.2 Å². The number of ketones is 1. The smallest absolute Gasteiger partial charge is 0.137 e. The average Bonchev–Trinajstić information content (AvgIpc) is 2.20. The van der Waals surface area contributed by atoms with E-state index in [1.54, 1.807) is 0 Å². The summed E-state index contributed by atoms with van der Waals surface area (Å²) in [6.07, 6.45) is 9.00. The Balaban J connectivity index is 0.000000249. The summed E-state index contributed by atoms with van der Waals surface area (Å²) in [6.45, 7) is 7.73. The van der Waals surface area contributed by atoms with Gasteiger partial charge in [0.15, 0.2) is 0 Å². The summed E-state index contributed by atoms with van der Waals surface area (Å²) in [4.78, 5) is 10.8. The van der Waals surface area contributed by atoms with E-state index in [1.807, 2.05) is 27.7 Å². The van der Waals surface area contributed by atoms with Gasteiger partial charge in [-0.2, -0.15) is 0 Å². The van der Waals surface area contributed by atoms with Crippen LogP contribution in [0.5, 0.6) is 0 Å². The first-order chi connectivity index (χ1) is 6.55. The maximum Gasteiger partial charge on any atom is 0.137 e. The molecule has 1 nitrogen and oxygen atoms in total. The molecule has 1 saturated carbocycles. The number of carbonyl (C=O) groups is 1. The third-order valence-electron chi connectivity index (χ3n) is 2.64. The monoisotopic (exact) mass is 198 g/mol. The molecule has 0 atom stereocenters. The second-order valence-corrected chi connectivity index (χ2v) is 4.83. The Morgan fingerprint density at radius 1 is 0.714 bits per heavy atom. The minimum atomic E-state index is 0.204. The Morgan fingerprint density at radius 3 is 1.00 bits per heavy atom. The van der Waals surface area contributed by atoms with E-state index < -0.39 is 0 Å². The Labute approximate surface area is 89.3 Å². The van der Waals surface area contributed by atoms with Crippen LogP contribution in [0.1, 0.15) is 66.2 Å². The molecule has 1 aliphatic rings. The molecular formula is C13H26O. The predicted molar refractivity (Wildman–Crippen MR) is 62.4 cm³/mol. The molecule has 0 aromatic heterocycles. The van der Waals surface area contributed by atoms with Gasteiger partial charge in [0.25, 0.3) is 0 Å². The van der Waals surface area contributed by atoms with E-state index in [2.05, 4.69) is 0 Å². The maximum atomic E-state index is 10.8. The van der Waals surface area contributed by atoms with Crippen LogP contribution in [0.4, 0.5) is 0 Å². The van der Waals surface area contributed by atoms with Crippen LogP contribution in [0.15, 0.2) is 0 Å². The normalized spacial score (nSPS) is 16.4. The fourth-order valence-electron chi connectivity index (χ4n) is 1.73. The van der Waals surface area contributed by atoms with Gasteiger partial charge in [0.05, 0.1) is 0 Å². The van der Waals surface area contributed by atoms with E-state index in [-0.39, 0.29) is 11.8 Å². The van der Waals surface area contributed by atoms with Crippen molar-refractivity contribution in [3.05, 3.63) is 0 Å². The first-order valence-electron chi connectivity index (χ1n) is 6.09. The van der Waals surface area contributed by atoms with Gasteiger partial charge < -0.3 is 0 Å². The quantitative estimate of drug-likeness (QED) is 0.649. The molecule has 0 radical (unpaired) electrons. The molecule has 1 aliphatic carbocycles. The van der Waals surface area contributed by atoms with Gasteiger partial charge in [-0.25, -0.2) is 0 Å². The SMILES string of the molecule is C1CCCCC1.CC(C)C(=O)C(C)C. The molecule has 1 heteroatoms. The lowest BCUT2D eigenvalue weighted by Crippen LogP contribution is -2.13. The molecule has 84 valence electrons. The molecular weight excluding hydrogens is 172 g/mol.